The zero-order valence-corrected chi connectivity index (χ0v) is 17.0. The standard InChI is InChI=1S/C26H25NO3/c1-29-17-20-14-12-19(13-15-20)7-6-16-27-26(28)30-18-25-23-10-4-2-8-21(23)22-9-3-5-11-24(22)25/h2-15,25H,16-18H2,1H3,(H,27,28). The third-order valence-electron chi connectivity index (χ3n) is 5.31. The highest BCUT2D eigenvalue weighted by molar-refractivity contribution is 5.79. The molecule has 30 heavy (non-hydrogen) atoms. The average molecular weight is 399 g/mol. The average Bonchev–Trinajstić information content (AvgIpc) is 3.10. The monoisotopic (exact) mass is 399 g/mol. The van der Waals surface area contributed by atoms with Gasteiger partial charge in [0, 0.05) is 19.6 Å². The smallest absolute Gasteiger partial charge is 0.407 e. The van der Waals surface area contributed by atoms with Crippen LogP contribution >= 0.6 is 0 Å². The minimum absolute atomic E-state index is 0.0734. The molecular weight excluding hydrogens is 374 g/mol. The minimum atomic E-state index is -0.406. The lowest BCUT2D eigenvalue weighted by Gasteiger charge is -2.14. The number of ether oxygens (including phenoxy) is 2. The second kappa shape index (κ2) is 9.42. The number of amides is 1. The molecule has 4 rings (SSSR count). The van der Waals surface area contributed by atoms with Gasteiger partial charge in [-0.05, 0) is 33.4 Å². The predicted molar refractivity (Wildman–Crippen MR) is 119 cm³/mol. The fourth-order valence-electron chi connectivity index (χ4n) is 3.88. The van der Waals surface area contributed by atoms with Crippen LogP contribution in [-0.2, 0) is 16.1 Å². The Kier molecular flexibility index (Phi) is 6.26. The Hall–Kier alpha value is -3.37. The van der Waals surface area contributed by atoms with Crippen molar-refractivity contribution in [1.29, 1.82) is 0 Å². The van der Waals surface area contributed by atoms with Crippen molar-refractivity contribution in [2.75, 3.05) is 20.3 Å². The van der Waals surface area contributed by atoms with Crippen LogP contribution in [0, 0.1) is 0 Å². The molecule has 3 aromatic rings. The van der Waals surface area contributed by atoms with Crippen molar-refractivity contribution in [3.8, 4) is 11.1 Å². The van der Waals surface area contributed by atoms with Crippen molar-refractivity contribution < 1.29 is 14.3 Å². The van der Waals surface area contributed by atoms with E-state index in [-0.39, 0.29) is 5.92 Å². The number of methoxy groups -OCH3 is 1. The maximum Gasteiger partial charge on any atom is 0.407 e. The number of rotatable bonds is 7. The molecule has 0 aromatic heterocycles. The van der Waals surface area contributed by atoms with Crippen molar-refractivity contribution in [3.05, 3.63) is 101 Å². The molecule has 0 saturated carbocycles. The van der Waals surface area contributed by atoms with Gasteiger partial charge in [-0.15, -0.1) is 0 Å². The lowest BCUT2D eigenvalue weighted by Crippen LogP contribution is -2.26. The molecule has 4 heteroatoms. The highest BCUT2D eigenvalue weighted by Crippen LogP contribution is 2.44. The molecule has 1 N–H and O–H groups in total. The molecule has 4 nitrogen and oxygen atoms in total. The predicted octanol–water partition coefficient (Wildman–Crippen LogP) is 5.38. The van der Waals surface area contributed by atoms with Gasteiger partial charge in [0.05, 0.1) is 6.61 Å². The summed E-state index contributed by atoms with van der Waals surface area (Å²) in [5, 5.41) is 2.79. The normalized spacial score (nSPS) is 12.6. The minimum Gasteiger partial charge on any atom is -0.449 e. The van der Waals surface area contributed by atoms with E-state index in [0.717, 1.165) is 11.1 Å². The number of benzene rings is 3. The molecule has 0 atom stereocenters. The summed E-state index contributed by atoms with van der Waals surface area (Å²) in [6.45, 7) is 1.34. The van der Waals surface area contributed by atoms with Crippen LogP contribution in [0.15, 0.2) is 78.9 Å². The van der Waals surface area contributed by atoms with Gasteiger partial charge in [0.25, 0.3) is 0 Å². The molecule has 152 valence electrons. The highest BCUT2D eigenvalue weighted by Gasteiger charge is 2.28. The molecule has 0 aliphatic heterocycles. The van der Waals surface area contributed by atoms with Crippen LogP contribution in [-0.4, -0.2) is 26.4 Å². The van der Waals surface area contributed by atoms with E-state index in [1.54, 1.807) is 7.11 Å². The van der Waals surface area contributed by atoms with E-state index < -0.39 is 6.09 Å². The van der Waals surface area contributed by atoms with Gasteiger partial charge in [-0.25, -0.2) is 4.79 Å². The number of nitrogens with one attached hydrogen (secondary N) is 1. The summed E-state index contributed by atoms with van der Waals surface area (Å²) >= 11 is 0. The Balaban J connectivity index is 1.29. The first kappa shape index (κ1) is 19.9. The summed E-state index contributed by atoms with van der Waals surface area (Å²) in [5.41, 5.74) is 7.07. The highest BCUT2D eigenvalue weighted by atomic mass is 16.5. The first-order valence-corrected chi connectivity index (χ1v) is 10.1. The number of hydrogen-bond donors (Lipinski definition) is 1. The summed E-state index contributed by atoms with van der Waals surface area (Å²) < 4.78 is 10.6. The van der Waals surface area contributed by atoms with E-state index >= 15 is 0 Å². The lowest BCUT2D eigenvalue weighted by atomic mass is 9.98. The molecular formula is C26H25NO3. The summed E-state index contributed by atoms with van der Waals surface area (Å²) in [6, 6.07) is 24.7. The van der Waals surface area contributed by atoms with Gasteiger partial charge < -0.3 is 14.8 Å². The maximum absolute atomic E-state index is 12.2. The van der Waals surface area contributed by atoms with Crippen molar-refractivity contribution in [1.82, 2.24) is 5.32 Å². The van der Waals surface area contributed by atoms with Crippen LogP contribution in [0.2, 0.25) is 0 Å². The number of alkyl carbamates (subject to hydrolysis) is 1. The van der Waals surface area contributed by atoms with Crippen LogP contribution in [0.4, 0.5) is 4.79 Å². The maximum atomic E-state index is 12.2. The summed E-state index contributed by atoms with van der Waals surface area (Å²) in [6.07, 6.45) is 3.48. The van der Waals surface area contributed by atoms with E-state index in [0.29, 0.717) is 19.8 Å². The van der Waals surface area contributed by atoms with Crippen molar-refractivity contribution in [2.45, 2.75) is 12.5 Å². The largest absolute Gasteiger partial charge is 0.449 e. The van der Waals surface area contributed by atoms with Gasteiger partial charge in [0.1, 0.15) is 6.61 Å². The van der Waals surface area contributed by atoms with E-state index in [1.807, 2.05) is 60.7 Å². The van der Waals surface area contributed by atoms with Gasteiger partial charge in [0.15, 0.2) is 0 Å². The van der Waals surface area contributed by atoms with Crippen molar-refractivity contribution in [3.63, 3.8) is 0 Å². The summed E-state index contributed by atoms with van der Waals surface area (Å²) in [7, 11) is 1.68. The quantitative estimate of drug-likeness (QED) is 0.580. The fourth-order valence-corrected chi connectivity index (χ4v) is 3.88. The second-order valence-electron chi connectivity index (χ2n) is 7.28. The molecule has 0 bridgehead atoms. The third kappa shape index (κ3) is 4.44. The SMILES string of the molecule is COCc1ccc(C=CCNC(=O)OCC2c3ccccc3-c3ccccc32)cc1. The molecule has 3 aromatic carbocycles. The van der Waals surface area contributed by atoms with Crippen LogP contribution in [0.1, 0.15) is 28.2 Å². The first-order valence-electron chi connectivity index (χ1n) is 10.1. The Morgan fingerprint density at radius 3 is 2.20 bits per heavy atom. The molecule has 1 aliphatic rings. The summed E-state index contributed by atoms with van der Waals surface area (Å²) in [5.74, 6) is 0.0734. The van der Waals surface area contributed by atoms with Gasteiger partial charge in [-0.1, -0.05) is 84.9 Å². The Morgan fingerprint density at radius 1 is 0.933 bits per heavy atom. The Morgan fingerprint density at radius 2 is 1.57 bits per heavy atom. The van der Waals surface area contributed by atoms with E-state index in [9.17, 15) is 4.79 Å². The van der Waals surface area contributed by atoms with E-state index in [4.69, 9.17) is 9.47 Å². The zero-order chi connectivity index (χ0) is 20.8. The third-order valence-corrected chi connectivity index (χ3v) is 5.31. The van der Waals surface area contributed by atoms with Crippen LogP contribution in [0.25, 0.3) is 17.2 Å². The van der Waals surface area contributed by atoms with Gasteiger partial charge in [-0.3, -0.25) is 0 Å². The van der Waals surface area contributed by atoms with Gasteiger partial charge in [0.2, 0.25) is 0 Å². The number of fused-ring (bicyclic) bond motifs is 3. The molecule has 0 spiro atoms. The number of carbonyl (C=O) groups is 1. The van der Waals surface area contributed by atoms with Crippen molar-refractivity contribution in [2.24, 2.45) is 0 Å². The van der Waals surface area contributed by atoms with Crippen molar-refractivity contribution >= 4 is 12.2 Å². The van der Waals surface area contributed by atoms with E-state index in [1.165, 1.54) is 22.3 Å². The number of hydrogen-bond acceptors (Lipinski definition) is 3. The fraction of sp³-hybridized carbons (Fsp3) is 0.192. The molecule has 1 aliphatic carbocycles. The summed E-state index contributed by atoms with van der Waals surface area (Å²) in [4.78, 5) is 12.2. The number of carbonyl (C=O) groups excluding carboxylic acids is 1. The molecule has 0 fully saturated rings. The van der Waals surface area contributed by atoms with Crippen LogP contribution in [0.5, 0.6) is 0 Å². The van der Waals surface area contributed by atoms with E-state index in [2.05, 4.69) is 29.6 Å². The molecule has 0 radical (unpaired) electrons. The zero-order valence-electron chi connectivity index (χ0n) is 17.0. The second-order valence-corrected chi connectivity index (χ2v) is 7.28. The lowest BCUT2D eigenvalue weighted by molar-refractivity contribution is 0.144. The van der Waals surface area contributed by atoms with Crippen LogP contribution < -0.4 is 5.32 Å². The van der Waals surface area contributed by atoms with Gasteiger partial charge in [-0.2, -0.15) is 0 Å². The first-order chi connectivity index (χ1) is 14.8. The molecule has 0 unspecified atom stereocenters. The molecule has 0 saturated heterocycles. The Labute approximate surface area is 177 Å². The topological polar surface area (TPSA) is 47.6 Å². The molecule has 1 amide bonds. The Bertz CT molecular complexity index is 995. The molecule has 0 heterocycles. The van der Waals surface area contributed by atoms with Gasteiger partial charge >= 0.3 is 6.09 Å². The van der Waals surface area contributed by atoms with Crippen LogP contribution in [0.3, 0.4) is 0 Å².